The van der Waals surface area contributed by atoms with Crippen LogP contribution < -0.4 is 5.32 Å². The number of rotatable bonds is 22. The molecule has 1 N–H and O–H groups in total. The standard InChI is InChI=1S/C28H51NO6/c1-8-13-17-23(9-2)22-35-27(6,11-4)24(30)18-15-14-16-20-34-28(7,12-5)26(32)29-19-21-33-25(31)10-3/h10,23H,3,8-9,11-22H2,1-2,4-7H3,(H,29,32). The monoisotopic (exact) mass is 497 g/mol. The fourth-order valence-corrected chi connectivity index (χ4v) is 3.60. The lowest BCUT2D eigenvalue weighted by Gasteiger charge is -2.29. The van der Waals surface area contributed by atoms with Crippen molar-refractivity contribution in [2.45, 2.75) is 117 Å². The highest BCUT2D eigenvalue weighted by atomic mass is 16.5. The Kier molecular flexibility index (Phi) is 17.6. The number of hydrogen-bond donors (Lipinski definition) is 1. The van der Waals surface area contributed by atoms with Gasteiger partial charge < -0.3 is 19.5 Å². The van der Waals surface area contributed by atoms with E-state index in [9.17, 15) is 14.4 Å². The molecule has 0 heterocycles. The zero-order chi connectivity index (χ0) is 26.7. The third kappa shape index (κ3) is 13.2. The fraction of sp³-hybridized carbons (Fsp3) is 0.821. The second-order valence-corrected chi connectivity index (χ2v) is 9.61. The third-order valence-electron chi connectivity index (χ3n) is 6.87. The van der Waals surface area contributed by atoms with E-state index in [1.54, 1.807) is 6.92 Å². The molecule has 0 spiro atoms. The molecule has 0 aromatic rings. The van der Waals surface area contributed by atoms with Crippen LogP contribution in [0.5, 0.6) is 0 Å². The highest BCUT2D eigenvalue weighted by molar-refractivity contribution is 5.87. The Morgan fingerprint density at radius 3 is 2.17 bits per heavy atom. The van der Waals surface area contributed by atoms with E-state index in [1.165, 1.54) is 12.8 Å². The van der Waals surface area contributed by atoms with Crippen LogP contribution in [-0.4, -0.2) is 55.2 Å². The lowest BCUT2D eigenvalue weighted by molar-refractivity contribution is -0.147. The summed E-state index contributed by atoms with van der Waals surface area (Å²) in [7, 11) is 0. The van der Waals surface area contributed by atoms with Gasteiger partial charge in [0.15, 0.2) is 5.78 Å². The van der Waals surface area contributed by atoms with Crippen LogP contribution in [0.3, 0.4) is 0 Å². The minimum atomic E-state index is -0.944. The van der Waals surface area contributed by atoms with Crippen LogP contribution in [-0.2, 0) is 28.6 Å². The van der Waals surface area contributed by atoms with Gasteiger partial charge in [0.05, 0.1) is 13.2 Å². The second kappa shape index (κ2) is 18.5. The van der Waals surface area contributed by atoms with Gasteiger partial charge in [0.25, 0.3) is 5.91 Å². The van der Waals surface area contributed by atoms with Crippen molar-refractivity contribution in [1.82, 2.24) is 5.32 Å². The van der Waals surface area contributed by atoms with Crippen LogP contribution in [0.25, 0.3) is 0 Å². The summed E-state index contributed by atoms with van der Waals surface area (Å²) in [6.07, 6.45) is 9.77. The molecule has 0 bridgehead atoms. The van der Waals surface area contributed by atoms with E-state index in [0.29, 0.717) is 38.4 Å². The van der Waals surface area contributed by atoms with Crippen molar-refractivity contribution in [2.75, 3.05) is 26.4 Å². The smallest absolute Gasteiger partial charge is 0.330 e. The van der Waals surface area contributed by atoms with E-state index < -0.39 is 17.2 Å². The van der Waals surface area contributed by atoms with Gasteiger partial charge in [-0.2, -0.15) is 0 Å². The highest BCUT2D eigenvalue weighted by Crippen LogP contribution is 2.24. The summed E-state index contributed by atoms with van der Waals surface area (Å²) in [5.74, 6) is -0.0700. The normalized spacial score (nSPS) is 15.5. The maximum atomic E-state index is 12.9. The molecule has 7 nitrogen and oxygen atoms in total. The molecule has 0 radical (unpaired) electrons. The first-order valence-electron chi connectivity index (χ1n) is 13.5. The summed E-state index contributed by atoms with van der Waals surface area (Å²) in [6, 6.07) is 0. The van der Waals surface area contributed by atoms with Crippen molar-refractivity contribution < 1.29 is 28.6 Å². The number of unbranched alkanes of at least 4 members (excludes halogenated alkanes) is 3. The van der Waals surface area contributed by atoms with Gasteiger partial charge in [-0.3, -0.25) is 9.59 Å². The van der Waals surface area contributed by atoms with Crippen molar-refractivity contribution >= 4 is 17.7 Å². The lowest BCUT2D eigenvalue weighted by Crippen LogP contribution is -2.47. The number of nitrogens with one attached hydrogen (secondary N) is 1. The average Bonchev–Trinajstić information content (AvgIpc) is 2.87. The number of amides is 1. The van der Waals surface area contributed by atoms with Crippen LogP contribution in [0.4, 0.5) is 0 Å². The first kappa shape index (κ1) is 33.3. The van der Waals surface area contributed by atoms with Gasteiger partial charge in [0.1, 0.15) is 17.8 Å². The maximum Gasteiger partial charge on any atom is 0.330 e. The first-order valence-corrected chi connectivity index (χ1v) is 13.5. The number of hydrogen-bond acceptors (Lipinski definition) is 6. The Morgan fingerprint density at radius 1 is 0.914 bits per heavy atom. The molecular weight excluding hydrogens is 446 g/mol. The number of carbonyl (C=O) groups excluding carboxylic acids is 3. The molecule has 3 atom stereocenters. The van der Waals surface area contributed by atoms with Crippen molar-refractivity contribution in [2.24, 2.45) is 5.92 Å². The Bertz CT molecular complexity index is 637. The number of ether oxygens (including phenoxy) is 3. The topological polar surface area (TPSA) is 90.9 Å². The lowest BCUT2D eigenvalue weighted by atomic mass is 9.92. The van der Waals surface area contributed by atoms with Crippen LogP contribution in [0.1, 0.15) is 106 Å². The molecule has 0 rings (SSSR count). The Morgan fingerprint density at radius 2 is 1.60 bits per heavy atom. The van der Waals surface area contributed by atoms with E-state index in [1.807, 2.05) is 20.8 Å². The molecule has 35 heavy (non-hydrogen) atoms. The van der Waals surface area contributed by atoms with Crippen LogP contribution >= 0.6 is 0 Å². The molecule has 0 saturated heterocycles. The van der Waals surface area contributed by atoms with E-state index in [2.05, 4.69) is 25.7 Å². The predicted molar refractivity (Wildman–Crippen MR) is 140 cm³/mol. The van der Waals surface area contributed by atoms with Gasteiger partial charge in [0.2, 0.25) is 0 Å². The molecule has 0 aliphatic carbocycles. The minimum Gasteiger partial charge on any atom is -0.461 e. The minimum absolute atomic E-state index is 0.0860. The van der Waals surface area contributed by atoms with Gasteiger partial charge in [-0.1, -0.05) is 60.0 Å². The van der Waals surface area contributed by atoms with Crippen LogP contribution in [0.15, 0.2) is 12.7 Å². The average molecular weight is 498 g/mol. The quantitative estimate of drug-likeness (QED) is 0.120. The molecule has 1 amide bonds. The summed E-state index contributed by atoms with van der Waals surface area (Å²) < 4.78 is 16.9. The van der Waals surface area contributed by atoms with Crippen molar-refractivity contribution in [1.29, 1.82) is 0 Å². The maximum absolute atomic E-state index is 12.9. The molecule has 7 heteroatoms. The summed E-state index contributed by atoms with van der Waals surface area (Å²) in [4.78, 5) is 36.4. The zero-order valence-electron chi connectivity index (χ0n) is 23.2. The SMILES string of the molecule is C=CC(=O)OCCNC(=O)C(C)(CC)OCCCCCC(=O)C(C)(CC)OCC(CC)CCCC. The van der Waals surface area contributed by atoms with E-state index in [0.717, 1.165) is 38.2 Å². The van der Waals surface area contributed by atoms with Crippen molar-refractivity contribution in [3.63, 3.8) is 0 Å². The van der Waals surface area contributed by atoms with E-state index in [4.69, 9.17) is 14.2 Å². The molecule has 0 aliphatic rings. The van der Waals surface area contributed by atoms with Gasteiger partial charge in [-0.25, -0.2) is 4.79 Å². The number of ketones is 1. The zero-order valence-corrected chi connectivity index (χ0v) is 23.2. The van der Waals surface area contributed by atoms with E-state index >= 15 is 0 Å². The molecule has 0 saturated carbocycles. The largest absolute Gasteiger partial charge is 0.461 e. The molecule has 0 aliphatic heterocycles. The third-order valence-corrected chi connectivity index (χ3v) is 6.87. The second-order valence-electron chi connectivity index (χ2n) is 9.61. The Balaban J connectivity index is 4.34. The fourth-order valence-electron chi connectivity index (χ4n) is 3.60. The summed E-state index contributed by atoms with van der Waals surface area (Å²) in [6.45, 7) is 16.7. The van der Waals surface area contributed by atoms with Crippen LogP contribution in [0, 0.1) is 5.92 Å². The van der Waals surface area contributed by atoms with Gasteiger partial charge >= 0.3 is 5.97 Å². The number of esters is 1. The Hall–Kier alpha value is -1.73. The molecule has 0 aromatic carbocycles. The van der Waals surface area contributed by atoms with Gasteiger partial charge in [-0.05, 0) is 51.9 Å². The summed E-state index contributed by atoms with van der Waals surface area (Å²) in [5.41, 5.74) is -1.66. The first-order chi connectivity index (χ1) is 16.6. The van der Waals surface area contributed by atoms with Gasteiger partial charge in [0, 0.05) is 19.1 Å². The molecule has 3 unspecified atom stereocenters. The number of carbonyl (C=O) groups is 3. The summed E-state index contributed by atoms with van der Waals surface area (Å²) >= 11 is 0. The molecule has 0 aromatic heterocycles. The van der Waals surface area contributed by atoms with E-state index in [-0.39, 0.29) is 24.8 Å². The predicted octanol–water partition coefficient (Wildman–Crippen LogP) is 5.55. The van der Waals surface area contributed by atoms with Crippen molar-refractivity contribution in [3.05, 3.63) is 12.7 Å². The molecular formula is C28H51NO6. The molecule has 204 valence electrons. The summed E-state index contributed by atoms with van der Waals surface area (Å²) in [5, 5.41) is 2.74. The van der Waals surface area contributed by atoms with Crippen LogP contribution in [0.2, 0.25) is 0 Å². The molecule has 0 fully saturated rings. The van der Waals surface area contributed by atoms with Crippen molar-refractivity contribution in [3.8, 4) is 0 Å². The Labute approximate surface area is 213 Å². The highest BCUT2D eigenvalue weighted by Gasteiger charge is 2.33. The number of Topliss-reactive ketones (excluding diaryl/α,β-unsaturated/α-hetero) is 1. The van der Waals surface area contributed by atoms with Gasteiger partial charge in [-0.15, -0.1) is 0 Å².